The van der Waals surface area contributed by atoms with Crippen LogP contribution in [0.25, 0.3) is 0 Å². The van der Waals surface area contributed by atoms with Gasteiger partial charge in [0, 0.05) is 18.8 Å². The maximum Gasteiger partial charge on any atom is 0.243 e. The van der Waals surface area contributed by atoms with E-state index in [2.05, 4.69) is 20.4 Å². The fourth-order valence-electron chi connectivity index (χ4n) is 2.40. The molecule has 0 saturated carbocycles. The van der Waals surface area contributed by atoms with Crippen LogP contribution in [0.4, 0.5) is 0 Å². The normalized spacial score (nSPS) is 20.1. The smallest absolute Gasteiger partial charge is 0.243 e. The van der Waals surface area contributed by atoms with Crippen LogP contribution < -0.4 is 5.32 Å². The molecule has 0 radical (unpaired) electrons. The maximum atomic E-state index is 5.39. The average molecular weight is 258 g/mol. The molecule has 3 heterocycles. The third-order valence-electron chi connectivity index (χ3n) is 3.45. The lowest BCUT2D eigenvalue weighted by molar-refractivity contribution is 0.325. The highest BCUT2D eigenvalue weighted by Gasteiger charge is 2.19. The lowest BCUT2D eigenvalue weighted by Crippen LogP contribution is -2.20. The number of hydrogen-bond donors (Lipinski definition) is 1. The van der Waals surface area contributed by atoms with Crippen molar-refractivity contribution in [2.75, 3.05) is 6.54 Å². The van der Waals surface area contributed by atoms with E-state index in [9.17, 15) is 0 Å². The zero-order valence-corrected chi connectivity index (χ0v) is 10.9. The Hall–Kier alpha value is -1.75. The zero-order chi connectivity index (χ0) is 12.9. The summed E-state index contributed by atoms with van der Waals surface area (Å²) in [6, 6.07) is 4.17. The van der Waals surface area contributed by atoms with Crippen LogP contribution in [0.3, 0.4) is 0 Å². The van der Waals surface area contributed by atoms with Gasteiger partial charge in [-0.05, 0) is 37.1 Å². The number of pyridine rings is 1. The lowest BCUT2D eigenvalue weighted by atomic mass is 10.1. The van der Waals surface area contributed by atoms with Gasteiger partial charge in [-0.15, -0.1) is 0 Å². The number of rotatable bonds is 3. The minimum atomic E-state index is 0.223. The van der Waals surface area contributed by atoms with Gasteiger partial charge < -0.3 is 9.84 Å². The Morgan fingerprint density at radius 1 is 1.21 bits per heavy atom. The van der Waals surface area contributed by atoms with E-state index in [1.165, 1.54) is 19.3 Å². The van der Waals surface area contributed by atoms with Crippen LogP contribution in [-0.2, 0) is 6.42 Å². The van der Waals surface area contributed by atoms with Crippen molar-refractivity contribution in [3.63, 3.8) is 0 Å². The maximum absolute atomic E-state index is 5.39. The third-order valence-corrected chi connectivity index (χ3v) is 3.45. The van der Waals surface area contributed by atoms with Crippen LogP contribution in [0.1, 0.15) is 49.0 Å². The van der Waals surface area contributed by atoms with Crippen LogP contribution in [0.15, 0.2) is 29.0 Å². The average Bonchev–Trinajstić information content (AvgIpc) is 2.74. The van der Waals surface area contributed by atoms with Gasteiger partial charge in [0.2, 0.25) is 5.89 Å². The van der Waals surface area contributed by atoms with Gasteiger partial charge in [-0.25, -0.2) is 0 Å². The molecule has 1 aliphatic rings. The second kappa shape index (κ2) is 5.93. The Balaban J connectivity index is 1.68. The molecule has 100 valence electrons. The Labute approximate surface area is 112 Å². The quantitative estimate of drug-likeness (QED) is 0.914. The van der Waals surface area contributed by atoms with Gasteiger partial charge in [0.05, 0.1) is 6.04 Å². The monoisotopic (exact) mass is 258 g/mol. The van der Waals surface area contributed by atoms with E-state index in [-0.39, 0.29) is 6.04 Å². The predicted molar refractivity (Wildman–Crippen MR) is 70.6 cm³/mol. The minimum Gasteiger partial charge on any atom is -0.338 e. The van der Waals surface area contributed by atoms with Crippen LogP contribution >= 0.6 is 0 Å². The van der Waals surface area contributed by atoms with Crippen molar-refractivity contribution in [1.82, 2.24) is 20.4 Å². The molecule has 1 fully saturated rings. The number of nitrogens with one attached hydrogen (secondary N) is 1. The van der Waals surface area contributed by atoms with E-state index in [1.807, 2.05) is 12.1 Å². The first-order chi connectivity index (χ1) is 9.42. The Morgan fingerprint density at radius 2 is 2.11 bits per heavy atom. The van der Waals surface area contributed by atoms with Crippen LogP contribution in [0, 0.1) is 0 Å². The van der Waals surface area contributed by atoms with Gasteiger partial charge in [-0.1, -0.05) is 18.0 Å². The molecule has 0 amide bonds. The second-order valence-electron chi connectivity index (χ2n) is 4.94. The highest BCUT2D eigenvalue weighted by molar-refractivity contribution is 5.14. The number of nitrogens with zero attached hydrogens (tertiary/aromatic N) is 3. The van der Waals surface area contributed by atoms with Crippen molar-refractivity contribution in [2.45, 2.75) is 38.1 Å². The molecule has 1 N–H and O–H groups in total. The van der Waals surface area contributed by atoms with Crippen molar-refractivity contribution in [1.29, 1.82) is 0 Å². The molecule has 19 heavy (non-hydrogen) atoms. The Kier molecular flexibility index (Phi) is 3.83. The highest BCUT2D eigenvalue weighted by Crippen LogP contribution is 2.21. The van der Waals surface area contributed by atoms with E-state index in [4.69, 9.17) is 4.52 Å². The molecule has 1 unspecified atom stereocenters. The fraction of sp³-hybridized carbons (Fsp3) is 0.500. The van der Waals surface area contributed by atoms with Crippen molar-refractivity contribution >= 4 is 0 Å². The molecular weight excluding hydrogens is 240 g/mol. The predicted octanol–water partition coefficient (Wildman–Crippen LogP) is 2.26. The molecule has 5 heteroatoms. The Morgan fingerprint density at radius 3 is 3.00 bits per heavy atom. The number of hydrogen-bond acceptors (Lipinski definition) is 5. The van der Waals surface area contributed by atoms with E-state index >= 15 is 0 Å². The topological polar surface area (TPSA) is 63.8 Å². The van der Waals surface area contributed by atoms with Gasteiger partial charge in [-0.3, -0.25) is 4.98 Å². The number of aromatic nitrogens is 3. The molecule has 3 rings (SSSR count). The van der Waals surface area contributed by atoms with Gasteiger partial charge >= 0.3 is 0 Å². The first kappa shape index (κ1) is 12.3. The first-order valence-corrected chi connectivity index (χ1v) is 6.86. The van der Waals surface area contributed by atoms with Crippen molar-refractivity contribution in [2.24, 2.45) is 0 Å². The van der Waals surface area contributed by atoms with Gasteiger partial charge in [-0.2, -0.15) is 4.98 Å². The molecule has 0 aliphatic carbocycles. The van der Waals surface area contributed by atoms with Crippen molar-refractivity contribution in [3.05, 3.63) is 41.8 Å². The molecule has 2 aromatic rings. The molecule has 0 spiro atoms. The molecule has 0 aromatic carbocycles. The zero-order valence-electron chi connectivity index (χ0n) is 10.9. The van der Waals surface area contributed by atoms with E-state index < -0.39 is 0 Å². The second-order valence-corrected chi connectivity index (χ2v) is 4.94. The molecule has 1 saturated heterocycles. The minimum absolute atomic E-state index is 0.223. The van der Waals surface area contributed by atoms with Gasteiger partial charge in [0.1, 0.15) is 0 Å². The summed E-state index contributed by atoms with van der Waals surface area (Å²) < 4.78 is 5.39. The third kappa shape index (κ3) is 3.17. The summed E-state index contributed by atoms with van der Waals surface area (Å²) in [4.78, 5) is 8.51. The summed E-state index contributed by atoms with van der Waals surface area (Å²) in [5, 5.41) is 7.54. The summed E-state index contributed by atoms with van der Waals surface area (Å²) in [7, 11) is 0. The molecule has 2 aromatic heterocycles. The lowest BCUT2D eigenvalue weighted by Gasteiger charge is -2.09. The summed E-state index contributed by atoms with van der Waals surface area (Å²) >= 11 is 0. The molecular formula is C14H18N4O. The van der Waals surface area contributed by atoms with Crippen LogP contribution in [-0.4, -0.2) is 21.7 Å². The van der Waals surface area contributed by atoms with E-state index in [0.717, 1.165) is 30.2 Å². The molecule has 1 atom stereocenters. The Bertz CT molecular complexity index is 503. The molecule has 5 nitrogen and oxygen atoms in total. The summed E-state index contributed by atoms with van der Waals surface area (Å²) in [5.41, 5.74) is 1.15. The highest BCUT2D eigenvalue weighted by atomic mass is 16.5. The SMILES string of the molecule is c1cc(Cc2noc(C3CCCCCN3)n2)ccn1. The van der Waals surface area contributed by atoms with Crippen LogP contribution in [0.2, 0.25) is 0 Å². The summed E-state index contributed by atoms with van der Waals surface area (Å²) in [6.45, 7) is 1.03. The standard InChI is InChI=1S/C14H18N4O/c1-2-4-12(16-7-3-1)14-17-13(18-19-14)10-11-5-8-15-9-6-11/h5-6,8-9,12,16H,1-4,7,10H2. The van der Waals surface area contributed by atoms with E-state index in [0.29, 0.717) is 6.42 Å². The summed E-state index contributed by atoms with van der Waals surface area (Å²) in [6.07, 6.45) is 9.07. The summed E-state index contributed by atoms with van der Waals surface area (Å²) in [5.74, 6) is 1.47. The van der Waals surface area contributed by atoms with Crippen molar-refractivity contribution < 1.29 is 4.52 Å². The van der Waals surface area contributed by atoms with Crippen LogP contribution in [0.5, 0.6) is 0 Å². The van der Waals surface area contributed by atoms with Gasteiger partial charge in [0.25, 0.3) is 0 Å². The van der Waals surface area contributed by atoms with E-state index in [1.54, 1.807) is 12.4 Å². The molecule has 0 bridgehead atoms. The largest absolute Gasteiger partial charge is 0.338 e. The fourth-order valence-corrected chi connectivity index (χ4v) is 2.40. The van der Waals surface area contributed by atoms with Crippen molar-refractivity contribution in [3.8, 4) is 0 Å². The first-order valence-electron chi connectivity index (χ1n) is 6.86. The van der Waals surface area contributed by atoms with Gasteiger partial charge in [0.15, 0.2) is 5.82 Å². The molecule has 1 aliphatic heterocycles.